The molecule has 0 aliphatic carbocycles. The van der Waals surface area contributed by atoms with Gasteiger partial charge in [-0.15, -0.1) is 0 Å². The largest absolute Gasteiger partial charge is 0.495 e. The third-order valence-electron chi connectivity index (χ3n) is 1.97. The van der Waals surface area contributed by atoms with Crippen molar-refractivity contribution in [1.29, 1.82) is 0 Å². The van der Waals surface area contributed by atoms with Crippen molar-refractivity contribution in [3.05, 3.63) is 22.7 Å². The molecular weight excluding hydrogens is 204 g/mol. The molecule has 0 aliphatic rings. The first-order valence-electron chi connectivity index (χ1n) is 4.20. The highest BCUT2D eigenvalue weighted by Crippen LogP contribution is 2.39. The van der Waals surface area contributed by atoms with Gasteiger partial charge in [-0.2, -0.15) is 0 Å². The predicted molar refractivity (Wildman–Crippen MR) is 55.2 cm³/mol. The molecule has 0 unspecified atom stereocenters. The maximum atomic E-state index is 9.44. The van der Waals surface area contributed by atoms with Crippen LogP contribution in [0.3, 0.4) is 0 Å². The maximum Gasteiger partial charge on any atom is 0.147 e. The molecule has 14 heavy (non-hydrogen) atoms. The highest BCUT2D eigenvalue weighted by atomic mass is 35.5. The molecule has 3 nitrogen and oxygen atoms in total. The first kappa shape index (κ1) is 11.1. The minimum atomic E-state index is -0.617. The Morgan fingerprint density at radius 2 is 1.93 bits per heavy atom. The summed E-state index contributed by atoms with van der Waals surface area (Å²) < 4.78 is 10.1. The van der Waals surface area contributed by atoms with Gasteiger partial charge >= 0.3 is 0 Å². The molecule has 0 bridgehead atoms. The third kappa shape index (κ3) is 1.94. The molecule has 1 aromatic carbocycles. The van der Waals surface area contributed by atoms with Gasteiger partial charge in [0.1, 0.15) is 16.5 Å². The van der Waals surface area contributed by atoms with Gasteiger partial charge in [0, 0.05) is 5.56 Å². The molecule has 1 rings (SSSR count). The van der Waals surface area contributed by atoms with E-state index in [-0.39, 0.29) is 0 Å². The summed E-state index contributed by atoms with van der Waals surface area (Å²) in [4.78, 5) is 0. The fourth-order valence-electron chi connectivity index (χ4n) is 1.25. The highest BCUT2D eigenvalue weighted by molar-refractivity contribution is 6.33. The Labute approximate surface area is 88.2 Å². The van der Waals surface area contributed by atoms with E-state index < -0.39 is 6.10 Å². The van der Waals surface area contributed by atoms with E-state index in [0.717, 1.165) is 0 Å². The fraction of sp³-hybridized carbons (Fsp3) is 0.400. The zero-order valence-corrected chi connectivity index (χ0v) is 9.13. The minimum Gasteiger partial charge on any atom is -0.495 e. The van der Waals surface area contributed by atoms with E-state index in [9.17, 15) is 5.11 Å². The van der Waals surface area contributed by atoms with Crippen molar-refractivity contribution in [2.45, 2.75) is 13.0 Å². The van der Waals surface area contributed by atoms with Crippen LogP contribution in [0.1, 0.15) is 18.6 Å². The van der Waals surface area contributed by atoms with Crippen LogP contribution in [0.25, 0.3) is 0 Å². The molecule has 1 N–H and O–H groups in total. The number of hydrogen-bond donors (Lipinski definition) is 1. The number of hydrogen-bond acceptors (Lipinski definition) is 3. The average molecular weight is 217 g/mol. The lowest BCUT2D eigenvalue weighted by molar-refractivity contribution is 0.194. The van der Waals surface area contributed by atoms with Gasteiger partial charge in [-0.05, 0) is 19.1 Å². The van der Waals surface area contributed by atoms with Gasteiger partial charge in [0.25, 0.3) is 0 Å². The Balaban J connectivity index is 3.28. The summed E-state index contributed by atoms with van der Waals surface area (Å²) >= 11 is 6.00. The minimum absolute atomic E-state index is 0.383. The number of aliphatic hydroxyl groups excluding tert-OH is 1. The molecule has 0 saturated carbocycles. The second kappa shape index (κ2) is 4.53. The van der Waals surface area contributed by atoms with Gasteiger partial charge in [0.15, 0.2) is 0 Å². The van der Waals surface area contributed by atoms with Gasteiger partial charge in [-0.3, -0.25) is 0 Å². The van der Waals surface area contributed by atoms with Crippen molar-refractivity contribution in [1.82, 2.24) is 0 Å². The van der Waals surface area contributed by atoms with Gasteiger partial charge in [0.05, 0.1) is 20.3 Å². The van der Waals surface area contributed by atoms with E-state index in [2.05, 4.69) is 0 Å². The molecule has 0 spiro atoms. The summed E-state index contributed by atoms with van der Waals surface area (Å²) in [5, 5.41) is 9.83. The molecule has 78 valence electrons. The van der Waals surface area contributed by atoms with Crippen molar-refractivity contribution >= 4 is 11.6 Å². The molecule has 4 heteroatoms. The molecule has 1 aromatic rings. The highest BCUT2D eigenvalue weighted by Gasteiger charge is 2.15. The van der Waals surface area contributed by atoms with Gasteiger partial charge in [-0.1, -0.05) is 11.6 Å². The van der Waals surface area contributed by atoms with Crippen LogP contribution in [0.2, 0.25) is 5.02 Å². The number of aliphatic hydroxyl groups is 1. The summed E-state index contributed by atoms with van der Waals surface area (Å²) in [6.07, 6.45) is -0.617. The van der Waals surface area contributed by atoms with Crippen LogP contribution in [-0.2, 0) is 0 Å². The van der Waals surface area contributed by atoms with Gasteiger partial charge in [-0.25, -0.2) is 0 Å². The van der Waals surface area contributed by atoms with E-state index in [4.69, 9.17) is 21.1 Å². The summed E-state index contributed by atoms with van der Waals surface area (Å²) in [5.74, 6) is 0.994. The summed E-state index contributed by atoms with van der Waals surface area (Å²) in [5.41, 5.74) is 0.651. The van der Waals surface area contributed by atoms with Crippen LogP contribution in [0.5, 0.6) is 11.5 Å². The van der Waals surface area contributed by atoms with Crippen LogP contribution in [0.15, 0.2) is 12.1 Å². The number of halogens is 1. The zero-order valence-electron chi connectivity index (χ0n) is 8.37. The smallest absolute Gasteiger partial charge is 0.147 e. The van der Waals surface area contributed by atoms with E-state index in [1.54, 1.807) is 19.1 Å². The van der Waals surface area contributed by atoms with Crippen LogP contribution < -0.4 is 9.47 Å². The van der Waals surface area contributed by atoms with E-state index >= 15 is 0 Å². The van der Waals surface area contributed by atoms with Crippen LogP contribution in [0, 0.1) is 0 Å². The van der Waals surface area contributed by atoms with E-state index in [1.165, 1.54) is 14.2 Å². The Morgan fingerprint density at radius 3 is 2.36 bits per heavy atom. The second-order valence-corrected chi connectivity index (χ2v) is 3.26. The summed E-state index contributed by atoms with van der Waals surface area (Å²) in [7, 11) is 3.04. The van der Waals surface area contributed by atoms with Crippen molar-refractivity contribution < 1.29 is 14.6 Å². The van der Waals surface area contributed by atoms with Crippen molar-refractivity contribution in [3.8, 4) is 11.5 Å². The lowest BCUT2D eigenvalue weighted by atomic mass is 10.1. The first-order chi connectivity index (χ1) is 6.61. The van der Waals surface area contributed by atoms with Crippen molar-refractivity contribution in [3.63, 3.8) is 0 Å². The number of rotatable bonds is 3. The summed E-state index contributed by atoms with van der Waals surface area (Å²) in [6.45, 7) is 1.65. The maximum absolute atomic E-state index is 9.44. The molecule has 0 fully saturated rings. The summed E-state index contributed by atoms with van der Waals surface area (Å²) in [6, 6.07) is 3.43. The van der Waals surface area contributed by atoms with Crippen molar-refractivity contribution in [2.75, 3.05) is 14.2 Å². The predicted octanol–water partition coefficient (Wildman–Crippen LogP) is 2.41. The van der Waals surface area contributed by atoms with Crippen LogP contribution >= 0.6 is 11.6 Å². The van der Waals surface area contributed by atoms with Gasteiger partial charge < -0.3 is 14.6 Å². The number of methoxy groups -OCH3 is 2. The molecule has 0 aliphatic heterocycles. The van der Waals surface area contributed by atoms with Crippen LogP contribution in [-0.4, -0.2) is 19.3 Å². The molecule has 0 amide bonds. The molecular formula is C10H13ClO3. The van der Waals surface area contributed by atoms with Crippen molar-refractivity contribution in [2.24, 2.45) is 0 Å². The van der Waals surface area contributed by atoms with E-state index in [1.807, 2.05) is 0 Å². The number of ether oxygens (including phenoxy) is 2. The normalized spacial score (nSPS) is 12.4. The third-order valence-corrected chi connectivity index (χ3v) is 2.32. The lowest BCUT2D eigenvalue weighted by Gasteiger charge is -2.14. The van der Waals surface area contributed by atoms with Gasteiger partial charge in [0.2, 0.25) is 0 Å². The molecule has 0 saturated heterocycles. The van der Waals surface area contributed by atoms with E-state index in [0.29, 0.717) is 22.1 Å². The second-order valence-electron chi connectivity index (χ2n) is 2.88. The topological polar surface area (TPSA) is 38.7 Å². The average Bonchev–Trinajstić information content (AvgIpc) is 2.17. The quantitative estimate of drug-likeness (QED) is 0.844. The Hall–Kier alpha value is -0.930. The SMILES string of the molecule is COc1ccc([C@H](C)O)c(OC)c1Cl. The Bertz CT molecular complexity index is 323. The molecule has 1 atom stereocenters. The van der Waals surface area contributed by atoms with Crippen LogP contribution in [0.4, 0.5) is 0 Å². The molecule has 0 radical (unpaired) electrons. The Morgan fingerprint density at radius 1 is 1.29 bits per heavy atom. The monoisotopic (exact) mass is 216 g/mol. The fourth-order valence-corrected chi connectivity index (χ4v) is 1.57. The molecule has 0 aromatic heterocycles. The molecule has 0 heterocycles. The zero-order chi connectivity index (χ0) is 10.7. The lowest BCUT2D eigenvalue weighted by Crippen LogP contribution is -1.98. The first-order valence-corrected chi connectivity index (χ1v) is 4.58. The Kier molecular flexibility index (Phi) is 3.61. The number of benzene rings is 1. The standard InChI is InChI=1S/C10H13ClO3/c1-6(12)7-4-5-8(13-2)9(11)10(7)14-3/h4-6,12H,1-3H3/t6-/m0/s1.